The molecule has 0 aromatic carbocycles. The van der Waals surface area contributed by atoms with Crippen molar-refractivity contribution in [2.75, 3.05) is 31.2 Å². The maximum atomic E-state index is 13.1. The van der Waals surface area contributed by atoms with E-state index in [-0.39, 0.29) is 5.60 Å². The first-order chi connectivity index (χ1) is 12.8. The summed E-state index contributed by atoms with van der Waals surface area (Å²) in [5.74, 6) is 0.484. The molecule has 2 aromatic heterocycles. The maximum Gasteiger partial charge on any atom is 0.225 e. The molecule has 1 saturated carbocycles. The summed E-state index contributed by atoms with van der Waals surface area (Å²) in [7, 11) is 0. The first-order valence-electron chi connectivity index (χ1n) is 9.08. The Hall–Kier alpha value is -2.12. The molecule has 138 valence electrons. The lowest BCUT2D eigenvalue weighted by Gasteiger charge is -2.44. The van der Waals surface area contributed by atoms with Crippen molar-refractivity contribution in [2.24, 2.45) is 5.92 Å². The van der Waals surface area contributed by atoms with E-state index >= 15 is 0 Å². The maximum absolute atomic E-state index is 13.1. The number of rotatable bonds is 5. The molecule has 0 radical (unpaired) electrons. The quantitative estimate of drug-likeness (QED) is 0.819. The van der Waals surface area contributed by atoms with Gasteiger partial charge in [0.25, 0.3) is 0 Å². The predicted octanol–water partition coefficient (Wildman–Crippen LogP) is 2.60. The van der Waals surface area contributed by atoms with Gasteiger partial charge in [0, 0.05) is 24.9 Å². The van der Waals surface area contributed by atoms with Crippen LogP contribution in [-0.4, -0.2) is 46.9 Å². The molecular formula is C19H23FN4O2. The number of aromatic nitrogens is 3. The van der Waals surface area contributed by atoms with E-state index in [1.165, 1.54) is 12.4 Å². The largest absolute Gasteiger partial charge is 0.376 e. The van der Waals surface area contributed by atoms with Crippen molar-refractivity contribution in [1.82, 2.24) is 15.0 Å². The van der Waals surface area contributed by atoms with Gasteiger partial charge < -0.3 is 14.4 Å². The fraction of sp³-hybridized carbons (Fsp3) is 0.526. The van der Waals surface area contributed by atoms with E-state index in [1.54, 1.807) is 6.20 Å². The molecule has 2 aliphatic rings. The Balaban J connectivity index is 1.39. The number of hydrogen-bond donors (Lipinski definition) is 0. The second kappa shape index (κ2) is 7.63. The van der Waals surface area contributed by atoms with Crippen LogP contribution >= 0.6 is 0 Å². The topological polar surface area (TPSA) is 60.4 Å². The summed E-state index contributed by atoms with van der Waals surface area (Å²) in [5.41, 5.74) is 0.843. The molecule has 0 unspecified atom stereocenters. The van der Waals surface area contributed by atoms with E-state index in [0.717, 1.165) is 37.9 Å². The molecule has 1 aliphatic heterocycles. The highest BCUT2D eigenvalue weighted by molar-refractivity contribution is 5.31. The van der Waals surface area contributed by atoms with Gasteiger partial charge in [-0.05, 0) is 24.5 Å². The summed E-state index contributed by atoms with van der Waals surface area (Å²) in [6.45, 7) is 3.29. The fourth-order valence-corrected chi connectivity index (χ4v) is 4.00. The molecule has 7 heteroatoms. The smallest absolute Gasteiger partial charge is 0.225 e. The van der Waals surface area contributed by atoms with Gasteiger partial charge in [0.1, 0.15) is 0 Å². The SMILES string of the molecule is Fc1cnc(N2CCO[C@]3(CCC[C@@H]3COCc3cccnc3)C2)nc1. The summed E-state index contributed by atoms with van der Waals surface area (Å²) in [6, 6.07) is 3.93. The minimum Gasteiger partial charge on any atom is -0.376 e. The molecule has 1 spiro atoms. The van der Waals surface area contributed by atoms with Gasteiger partial charge in [-0.2, -0.15) is 0 Å². The van der Waals surface area contributed by atoms with Crippen LogP contribution in [0.5, 0.6) is 0 Å². The van der Waals surface area contributed by atoms with E-state index in [1.807, 2.05) is 18.3 Å². The van der Waals surface area contributed by atoms with Crippen LogP contribution in [0.2, 0.25) is 0 Å². The average molecular weight is 358 g/mol. The van der Waals surface area contributed by atoms with Crippen molar-refractivity contribution in [3.8, 4) is 0 Å². The average Bonchev–Trinajstić information content (AvgIpc) is 3.05. The molecule has 4 rings (SSSR count). The van der Waals surface area contributed by atoms with E-state index in [4.69, 9.17) is 9.47 Å². The van der Waals surface area contributed by atoms with E-state index in [9.17, 15) is 4.39 Å². The third-order valence-electron chi connectivity index (χ3n) is 5.31. The Morgan fingerprint density at radius 3 is 3.00 bits per heavy atom. The normalized spacial score (nSPS) is 25.7. The molecule has 1 saturated heterocycles. The number of halogens is 1. The Labute approximate surface area is 152 Å². The predicted molar refractivity (Wildman–Crippen MR) is 94.1 cm³/mol. The van der Waals surface area contributed by atoms with Crippen LogP contribution in [0.3, 0.4) is 0 Å². The zero-order chi connectivity index (χ0) is 17.8. The number of pyridine rings is 1. The third-order valence-corrected chi connectivity index (χ3v) is 5.31. The highest BCUT2D eigenvalue weighted by Crippen LogP contribution is 2.41. The minimum absolute atomic E-state index is 0.231. The minimum atomic E-state index is -0.417. The van der Waals surface area contributed by atoms with Gasteiger partial charge in [-0.25, -0.2) is 14.4 Å². The highest BCUT2D eigenvalue weighted by Gasteiger charge is 2.47. The summed E-state index contributed by atoms with van der Waals surface area (Å²) in [4.78, 5) is 14.5. The van der Waals surface area contributed by atoms with Gasteiger partial charge in [0.15, 0.2) is 5.82 Å². The molecular weight excluding hydrogens is 335 g/mol. The molecule has 2 fully saturated rings. The molecule has 1 aliphatic carbocycles. The van der Waals surface area contributed by atoms with Crippen LogP contribution in [0, 0.1) is 11.7 Å². The zero-order valence-corrected chi connectivity index (χ0v) is 14.7. The van der Waals surface area contributed by atoms with E-state index in [0.29, 0.717) is 31.7 Å². The second-order valence-corrected chi connectivity index (χ2v) is 7.00. The monoisotopic (exact) mass is 358 g/mol. The van der Waals surface area contributed by atoms with Crippen LogP contribution in [0.25, 0.3) is 0 Å². The summed E-state index contributed by atoms with van der Waals surface area (Å²) in [6.07, 6.45) is 9.24. The molecule has 3 heterocycles. The fourth-order valence-electron chi connectivity index (χ4n) is 4.00. The van der Waals surface area contributed by atoms with Crippen LogP contribution in [0.1, 0.15) is 24.8 Å². The van der Waals surface area contributed by atoms with Gasteiger partial charge in [0.2, 0.25) is 5.95 Å². The van der Waals surface area contributed by atoms with Crippen molar-refractivity contribution in [3.05, 3.63) is 48.3 Å². The van der Waals surface area contributed by atoms with Crippen LogP contribution in [-0.2, 0) is 16.1 Å². The number of morpholine rings is 1. The molecule has 2 atom stereocenters. The molecule has 0 N–H and O–H groups in total. The van der Waals surface area contributed by atoms with Crippen LogP contribution in [0.15, 0.2) is 36.9 Å². The molecule has 2 aromatic rings. The zero-order valence-electron chi connectivity index (χ0n) is 14.7. The first-order valence-corrected chi connectivity index (χ1v) is 9.08. The third kappa shape index (κ3) is 3.68. The Morgan fingerprint density at radius 1 is 1.31 bits per heavy atom. The number of ether oxygens (including phenoxy) is 2. The van der Waals surface area contributed by atoms with E-state index in [2.05, 4.69) is 19.9 Å². The van der Waals surface area contributed by atoms with Crippen LogP contribution in [0.4, 0.5) is 10.3 Å². The molecule has 0 bridgehead atoms. The van der Waals surface area contributed by atoms with E-state index < -0.39 is 5.82 Å². The summed E-state index contributed by atoms with van der Waals surface area (Å²) >= 11 is 0. The number of nitrogens with zero attached hydrogens (tertiary/aromatic N) is 4. The standard InChI is InChI=1S/C19H23FN4O2/c20-17-10-22-18(23-11-17)24-7-8-26-19(14-24)5-1-4-16(19)13-25-12-15-3-2-6-21-9-15/h2-3,6,9-11,16H,1,4-5,7-8,12-14H2/t16-,19-/m1/s1. The van der Waals surface area contributed by atoms with Crippen molar-refractivity contribution in [3.63, 3.8) is 0 Å². The first kappa shape index (κ1) is 17.3. The van der Waals surface area contributed by atoms with Gasteiger partial charge in [-0.3, -0.25) is 4.98 Å². The highest BCUT2D eigenvalue weighted by atomic mass is 19.1. The lowest BCUT2D eigenvalue weighted by molar-refractivity contribution is -0.101. The van der Waals surface area contributed by atoms with Crippen molar-refractivity contribution >= 4 is 5.95 Å². The second-order valence-electron chi connectivity index (χ2n) is 7.00. The van der Waals surface area contributed by atoms with Gasteiger partial charge >= 0.3 is 0 Å². The summed E-state index contributed by atoms with van der Waals surface area (Å²) in [5, 5.41) is 0. The van der Waals surface area contributed by atoms with Crippen molar-refractivity contribution < 1.29 is 13.9 Å². The lowest BCUT2D eigenvalue weighted by atomic mass is 9.89. The summed E-state index contributed by atoms with van der Waals surface area (Å²) < 4.78 is 25.3. The van der Waals surface area contributed by atoms with Crippen LogP contribution < -0.4 is 4.90 Å². The number of anilines is 1. The molecule has 26 heavy (non-hydrogen) atoms. The Kier molecular flexibility index (Phi) is 5.08. The molecule has 0 amide bonds. The number of hydrogen-bond acceptors (Lipinski definition) is 6. The lowest BCUT2D eigenvalue weighted by Crippen LogP contribution is -2.55. The van der Waals surface area contributed by atoms with Gasteiger partial charge in [-0.15, -0.1) is 0 Å². The van der Waals surface area contributed by atoms with Gasteiger partial charge in [-0.1, -0.05) is 12.5 Å². The Morgan fingerprint density at radius 2 is 2.19 bits per heavy atom. The van der Waals surface area contributed by atoms with Gasteiger partial charge in [0.05, 0.1) is 44.4 Å². The van der Waals surface area contributed by atoms with Crippen molar-refractivity contribution in [1.29, 1.82) is 0 Å². The van der Waals surface area contributed by atoms with Crippen molar-refractivity contribution in [2.45, 2.75) is 31.5 Å². The molecule has 6 nitrogen and oxygen atoms in total. The Bertz CT molecular complexity index is 715.